The Balaban J connectivity index is 1.87. The summed E-state index contributed by atoms with van der Waals surface area (Å²) in [5.74, 6) is -0.0441. The standard InChI is InChI=1S/C18H15IN6O3/c1-11(26)22-13-6-8-15(9-7-13)24-18-16(25(27)28)17(20-10-21-18)23-14-4-2-12(19)3-5-14/h2-10H,1H3,(H,22,26)(H2,20,21,23,24). The van der Waals surface area contributed by atoms with Crippen LogP contribution in [-0.2, 0) is 4.79 Å². The lowest BCUT2D eigenvalue weighted by Gasteiger charge is -2.11. The largest absolute Gasteiger partial charge is 0.353 e. The third kappa shape index (κ3) is 4.91. The van der Waals surface area contributed by atoms with E-state index in [4.69, 9.17) is 0 Å². The maximum absolute atomic E-state index is 11.6. The van der Waals surface area contributed by atoms with Gasteiger partial charge in [0, 0.05) is 27.6 Å². The van der Waals surface area contributed by atoms with Crippen molar-refractivity contribution in [2.45, 2.75) is 6.92 Å². The Kier molecular flexibility index (Phi) is 5.99. The molecule has 0 aliphatic carbocycles. The molecule has 142 valence electrons. The number of nitro groups is 1. The van der Waals surface area contributed by atoms with Crippen LogP contribution >= 0.6 is 22.6 Å². The molecule has 2 aromatic carbocycles. The normalized spacial score (nSPS) is 10.2. The Morgan fingerprint density at radius 2 is 1.39 bits per heavy atom. The van der Waals surface area contributed by atoms with Crippen LogP contribution in [0.25, 0.3) is 0 Å². The van der Waals surface area contributed by atoms with Gasteiger partial charge in [0.15, 0.2) is 0 Å². The number of rotatable bonds is 6. The van der Waals surface area contributed by atoms with E-state index in [9.17, 15) is 14.9 Å². The van der Waals surface area contributed by atoms with Gasteiger partial charge in [-0.15, -0.1) is 0 Å². The van der Waals surface area contributed by atoms with Gasteiger partial charge in [0.05, 0.1) is 4.92 Å². The molecule has 1 aromatic heterocycles. The highest BCUT2D eigenvalue weighted by molar-refractivity contribution is 14.1. The van der Waals surface area contributed by atoms with Gasteiger partial charge in [0.2, 0.25) is 17.5 Å². The average Bonchev–Trinajstić information content (AvgIpc) is 2.65. The molecule has 0 spiro atoms. The molecular formula is C18H15IN6O3. The fourth-order valence-electron chi connectivity index (χ4n) is 2.38. The van der Waals surface area contributed by atoms with Crippen molar-refractivity contribution in [3.05, 3.63) is 68.5 Å². The summed E-state index contributed by atoms with van der Waals surface area (Å²) in [6.45, 7) is 1.42. The second-order valence-electron chi connectivity index (χ2n) is 5.69. The molecule has 1 amide bonds. The smallest absolute Gasteiger partial charge is 0.334 e. The van der Waals surface area contributed by atoms with Crippen molar-refractivity contribution in [3.63, 3.8) is 0 Å². The van der Waals surface area contributed by atoms with Gasteiger partial charge in [0.25, 0.3) is 0 Å². The van der Waals surface area contributed by atoms with Crippen molar-refractivity contribution in [2.75, 3.05) is 16.0 Å². The van der Waals surface area contributed by atoms with Crippen LogP contribution in [0.2, 0.25) is 0 Å². The first-order chi connectivity index (χ1) is 13.4. The molecule has 0 aliphatic rings. The summed E-state index contributed by atoms with van der Waals surface area (Å²) < 4.78 is 1.05. The van der Waals surface area contributed by atoms with Gasteiger partial charge in [-0.05, 0) is 71.1 Å². The molecule has 3 aromatic rings. The molecule has 0 bridgehead atoms. The Labute approximate surface area is 173 Å². The highest BCUT2D eigenvalue weighted by atomic mass is 127. The van der Waals surface area contributed by atoms with Crippen LogP contribution in [0.4, 0.5) is 34.4 Å². The third-order valence-corrected chi connectivity index (χ3v) is 4.30. The van der Waals surface area contributed by atoms with Crippen molar-refractivity contribution in [1.82, 2.24) is 9.97 Å². The van der Waals surface area contributed by atoms with E-state index in [2.05, 4.69) is 48.5 Å². The van der Waals surface area contributed by atoms with E-state index >= 15 is 0 Å². The third-order valence-electron chi connectivity index (χ3n) is 3.58. The molecule has 0 saturated heterocycles. The fraction of sp³-hybridized carbons (Fsp3) is 0.0556. The van der Waals surface area contributed by atoms with E-state index in [1.807, 2.05) is 12.1 Å². The summed E-state index contributed by atoms with van der Waals surface area (Å²) in [5.41, 5.74) is 1.60. The van der Waals surface area contributed by atoms with E-state index in [-0.39, 0.29) is 23.2 Å². The fourth-order valence-corrected chi connectivity index (χ4v) is 2.74. The number of halogens is 1. The van der Waals surface area contributed by atoms with Crippen molar-refractivity contribution in [3.8, 4) is 0 Å². The van der Waals surface area contributed by atoms with Crippen LogP contribution in [0.3, 0.4) is 0 Å². The first-order valence-electron chi connectivity index (χ1n) is 8.09. The number of benzene rings is 2. The Morgan fingerprint density at radius 1 is 0.929 bits per heavy atom. The number of anilines is 5. The second kappa shape index (κ2) is 8.61. The van der Waals surface area contributed by atoms with Crippen molar-refractivity contribution in [1.29, 1.82) is 0 Å². The molecule has 9 nitrogen and oxygen atoms in total. The van der Waals surface area contributed by atoms with Gasteiger partial charge >= 0.3 is 5.69 Å². The van der Waals surface area contributed by atoms with Crippen molar-refractivity contribution < 1.29 is 9.72 Å². The molecule has 0 unspecified atom stereocenters. The number of hydrogen-bond donors (Lipinski definition) is 3. The van der Waals surface area contributed by atoms with Crippen molar-refractivity contribution >= 4 is 62.9 Å². The minimum absolute atomic E-state index is 0.0558. The minimum Gasteiger partial charge on any atom is -0.334 e. The Morgan fingerprint density at radius 3 is 1.86 bits per heavy atom. The van der Waals surface area contributed by atoms with E-state index in [1.165, 1.54) is 13.3 Å². The summed E-state index contributed by atoms with van der Waals surface area (Å²) in [4.78, 5) is 30.2. The van der Waals surface area contributed by atoms with Crippen LogP contribution in [0.5, 0.6) is 0 Å². The maximum atomic E-state index is 11.6. The van der Waals surface area contributed by atoms with Gasteiger partial charge in [-0.3, -0.25) is 14.9 Å². The lowest BCUT2D eigenvalue weighted by molar-refractivity contribution is -0.383. The zero-order chi connectivity index (χ0) is 20.1. The zero-order valence-corrected chi connectivity index (χ0v) is 16.8. The molecule has 0 radical (unpaired) electrons. The number of aromatic nitrogens is 2. The van der Waals surface area contributed by atoms with E-state index in [0.29, 0.717) is 17.1 Å². The monoisotopic (exact) mass is 490 g/mol. The van der Waals surface area contributed by atoms with E-state index in [1.54, 1.807) is 36.4 Å². The molecule has 3 N–H and O–H groups in total. The summed E-state index contributed by atoms with van der Waals surface area (Å²) in [7, 11) is 0. The molecule has 1 heterocycles. The Hall–Kier alpha value is -3.28. The summed E-state index contributed by atoms with van der Waals surface area (Å²) in [6.07, 6.45) is 1.25. The molecule has 10 heteroatoms. The summed E-state index contributed by atoms with van der Waals surface area (Å²) in [6, 6.07) is 14.1. The van der Waals surface area contributed by atoms with Gasteiger partial charge < -0.3 is 16.0 Å². The minimum atomic E-state index is -0.539. The van der Waals surface area contributed by atoms with Crippen LogP contribution in [0.1, 0.15) is 6.92 Å². The lowest BCUT2D eigenvalue weighted by atomic mass is 10.2. The van der Waals surface area contributed by atoms with Gasteiger partial charge in [0.1, 0.15) is 6.33 Å². The molecule has 0 aliphatic heterocycles. The average molecular weight is 490 g/mol. The quantitative estimate of drug-likeness (QED) is 0.265. The van der Waals surface area contributed by atoms with E-state index < -0.39 is 4.92 Å². The van der Waals surface area contributed by atoms with E-state index in [0.717, 1.165) is 3.57 Å². The second-order valence-corrected chi connectivity index (χ2v) is 6.94. The van der Waals surface area contributed by atoms with Crippen molar-refractivity contribution in [2.24, 2.45) is 0 Å². The first-order valence-corrected chi connectivity index (χ1v) is 9.17. The van der Waals surface area contributed by atoms with Crippen LogP contribution in [0, 0.1) is 13.7 Å². The highest BCUT2D eigenvalue weighted by Crippen LogP contribution is 2.33. The number of carbonyl (C=O) groups excluding carboxylic acids is 1. The molecule has 0 saturated carbocycles. The predicted octanol–water partition coefficient (Wildman–Crippen LogP) is 4.44. The SMILES string of the molecule is CC(=O)Nc1ccc(Nc2ncnc(Nc3ccc(I)cc3)c2[N+](=O)[O-])cc1. The predicted molar refractivity (Wildman–Crippen MR) is 115 cm³/mol. The van der Waals surface area contributed by atoms with Gasteiger partial charge in [-0.1, -0.05) is 0 Å². The van der Waals surface area contributed by atoms with Crippen LogP contribution in [0.15, 0.2) is 54.9 Å². The highest BCUT2D eigenvalue weighted by Gasteiger charge is 2.23. The number of nitrogens with one attached hydrogen (secondary N) is 3. The van der Waals surface area contributed by atoms with Gasteiger partial charge in [-0.25, -0.2) is 9.97 Å². The number of hydrogen-bond acceptors (Lipinski definition) is 7. The first kappa shape index (κ1) is 19.5. The molecule has 0 fully saturated rings. The molecule has 3 rings (SSSR count). The Bertz CT molecular complexity index is 1010. The lowest BCUT2D eigenvalue weighted by Crippen LogP contribution is -2.06. The molecule has 0 atom stereocenters. The van der Waals surface area contributed by atoms with Crippen LogP contribution in [-0.4, -0.2) is 20.8 Å². The van der Waals surface area contributed by atoms with Gasteiger partial charge in [-0.2, -0.15) is 0 Å². The summed E-state index contributed by atoms with van der Waals surface area (Å²) >= 11 is 2.18. The molecular weight excluding hydrogens is 475 g/mol. The number of carbonyl (C=O) groups is 1. The number of amides is 1. The summed E-state index contributed by atoms with van der Waals surface area (Å²) in [5, 5.41) is 20.2. The molecule has 28 heavy (non-hydrogen) atoms. The maximum Gasteiger partial charge on any atom is 0.353 e. The topological polar surface area (TPSA) is 122 Å². The van der Waals surface area contributed by atoms with Crippen LogP contribution < -0.4 is 16.0 Å². The number of nitrogens with zero attached hydrogens (tertiary/aromatic N) is 3. The zero-order valence-electron chi connectivity index (χ0n) is 14.6.